The summed E-state index contributed by atoms with van der Waals surface area (Å²) in [5, 5.41) is 2.58. The van der Waals surface area contributed by atoms with Crippen molar-refractivity contribution in [3.05, 3.63) is 65.0 Å². The second-order valence-corrected chi connectivity index (χ2v) is 5.20. The van der Waals surface area contributed by atoms with Crippen molar-refractivity contribution in [2.75, 3.05) is 5.32 Å². The second-order valence-electron chi connectivity index (χ2n) is 5.20. The van der Waals surface area contributed by atoms with Gasteiger partial charge in [-0.05, 0) is 30.3 Å². The van der Waals surface area contributed by atoms with Gasteiger partial charge in [0.2, 0.25) is 5.91 Å². The van der Waals surface area contributed by atoms with Crippen LogP contribution in [0.3, 0.4) is 0 Å². The van der Waals surface area contributed by atoms with Gasteiger partial charge in [0.15, 0.2) is 0 Å². The number of hydrogen-bond donors (Lipinski definition) is 1. The molecule has 0 aliphatic carbocycles. The predicted molar refractivity (Wildman–Crippen MR) is 83.1 cm³/mol. The van der Waals surface area contributed by atoms with E-state index in [2.05, 4.69) is 5.32 Å². The van der Waals surface area contributed by atoms with Gasteiger partial charge in [-0.3, -0.25) is 14.4 Å². The maximum Gasteiger partial charge on any atom is 0.364 e. The first-order chi connectivity index (χ1) is 11.9. The zero-order valence-corrected chi connectivity index (χ0v) is 12.9. The summed E-state index contributed by atoms with van der Waals surface area (Å²) < 4.78 is 13.6. The van der Waals surface area contributed by atoms with Gasteiger partial charge < -0.3 is 10.2 Å². The predicted octanol–water partition coefficient (Wildman–Crippen LogP) is 2.15. The topological polar surface area (TPSA) is 92.8 Å². The minimum atomic E-state index is -1.04. The Bertz CT molecular complexity index is 890. The third-order valence-electron chi connectivity index (χ3n) is 3.44. The maximum absolute atomic E-state index is 13.6. The molecule has 8 heteroatoms. The number of anilines is 1. The number of carbonyl (C=O) groups excluding carboxylic acids is 4. The molecular weight excluding hydrogens is 331 g/mol. The average molecular weight is 342 g/mol. The molecule has 126 valence electrons. The summed E-state index contributed by atoms with van der Waals surface area (Å²) in [6.45, 7) is 1.18. The van der Waals surface area contributed by atoms with E-state index in [1.54, 1.807) is 12.1 Å². The van der Waals surface area contributed by atoms with E-state index >= 15 is 0 Å². The number of fused-ring (bicyclic) bond motifs is 1. The maximum atomic E-state index is 13.6. The third-order valence-corrected chi connectivity index (χ3v) is 3.44. The van der Waals surface area contributed by atoms with Crippen molar-refractivity contribution in [1.82, 2.24) is 5.06 Å². The van der Waals surface area contributed by atoms with Gasteiger partial charge in [-0.25, -0.2) is 9.18 Å². The van der Waals surface area contributed by atoms with Gasteiger partial charge in [0.1, 0.15) is 5.82 Å². The smallest absolute Gasteiger partial charge is 0.324 e. The Morgan fingerprint density at radius 1 is 1.04 bits per heavy atom. The first-order valence-electron chi connectivity index (χ1n) is 7.15. The van der Waals surface area contributed by atoms with E-state index in [9.17, 15) is 23.6 Å². The minimum absolute atomic E-state index is 0.123. The molecule has 0 atom stereocenters. The van der Waals surface area contributed by atoms with Crippen LogP contribution in [-0.2, 0) is 9.63 Å². The van der Waals surface area contributed by atoms with Crippen LogP contribution in [0, 0.1) is 5.82 Å². The van der Waals surface area contributed by atoms with Gasteiger partial charge >= 0.3 is 5.97 Å². The highest BCUT2D eigenvalue weighted by atomic mass is 19.1. The number of rotatable bonds is 3. The summed E-state index contributed by atoms with van der Waals surface area (Å²) >= 11 is 0. The van der Waals surface area contributed by atoms with Crippen LogP contribution in [0.4, 0.5) is 10.1 Å². The average Bonchev–Trinajstić information content (AvgIpc) is 2.82. The number of halogens is 1. The second kappa shape index (κ2) is 6.16. The highest BCUT2D eigenvalue weighted by Gasteiger charge is 2.38. The van der Waals surface area contributed by atoms with Crippen molar-refractivity contribution in [3.8, 4) is 0 Å². The molecule has 0 radical (unpaired) electrons. The fraction of sp³-hybridized carbons (Fsp3) is 0.0588. The lowest BCUT2D eigenvalue weighted by atomic mass is 10.1. The van der Waals surface area contributed by atoms with Crippen molar-refractivity contribution in [3.63, 3.8) is 0 Å². The molecule has 0 unspecified atom stereocenters. The summed E-state index contributed by atoms with van der Waals surface area (Å²) in [6.07, 6.45) is 0. The van der Waals surface area contributed by atoms with E-state index in [0.717, 1.165) is 18.2 Å². The normalized spacial score (nSPS) is 12.8. The number of benzene rings is 2. The number of nitrogens with zero attached hydrogens (tertiary/aromatic N) is 1. The van der Waals surface area contributed by atoms with Crippen molar-refractivity contribution >= 4 is 29.4 Å². The molecule has 0 spiro atoms. The number of amides is 3. The molecule has 1 heterocycles. The zero-order chi connectivity index (χ0) is 18.1. The van der Waals surface area contributed by atoms with E-state index in [1.807, 2.05) is 0 Å². The Morgan fingerprint density at radius 3 is 2.20 bits per heavy atom. The number of hydroxylamine groups is 2. The summed E-state index contributed by atoms with van der Waals surface area (Å²) in [5.41, 5.74) is -0.109. The van der Waals surface area contributed by atoms with Crippen LogP contribution in [0.25, 0.3) is 0 Å². The number of imide groups is 1. The third kappa shape index (κ3) is 2.97. The highest BCUT2D eigenvalue weighted by molar-refractivity contribution is 6.21. The molecule has 0 aromatic heterocycles. The summed E-state index contributed by atoms with van der Waals surface area (Å²) in [6, 6.07) is 9.17. The van der Waals surface area contributed by atoms with E-state index in [4.69, 9.17) is 4.84 Å². The van der Waals surface area contributed by atoms with Gasteiger partial charge in [0.25, 0.3) is 11.8 Å². The molecule has 0 fully saturated rings. The van der Waals surface area contributed by atoms with Crippen LogP contribution >= 0.6 is 0 Å². The molecule has 0 saturated heterocycles. The molecule has 3 rings (SSSR count). The Kier molecular flexibility index (Phi) is 4.02. The number of hydrogen-bond acceptors (Lipinski definition) is 5. The molecular formula is C17H11FN2O5. The van der Waals surface area contributed by atoms with Crippen molar-refractivity contribution < 1.29 is 28.4 Å². The number of carbonyl (C=O) groups is 4. The van der Waals surface area contributed by atoms with Gasteiger partial charge in [0.05, 0.1) is 22.4 Å². The molecule has 1 N–H and O–H groups in total. The van der Waals surface area contributed by atoms with Gasteiger partial charge in [0, 0.05) is 6.92 Å². The van der Waals surface area contributed by atoms with Crippen molar-refractivity contribution in [2.45, 2.75) is 6.92 Å². The van der Waals surface area contributed by atoms with Gasteiger partial charge in [-0.2, -0.15) is 0 Å². The molecule has 7 nitrogen and oxygen atoms in total. The van der Waals surface area contributed by atoms with Crippen LogP contribution in [-0.4, -0.2) is 28.8 Å². The number of nitrogens with one attached hydrogen (secondary N) is 1. The minimum Gasteiger partial charge on any atom is -0.324 e. The fourth-order valence-electron chi connectivity index (χ4n) is 2.32. The molecule has 0 bridgehead atoms. The first-order valence-corrected chi connectivity index (χ1v) is 7.15. The lowest BCUT2D eigenvalue weighted by Gasteiger charge is -2.13. The first kappa shape index (κ1) is 16.3. The van der Waals surface area contributed by atoms with Crippen LogP contribution in [0.1, 0.15) is 38.0 Å². The fourth-order valence-corrected chi connectivity index (χ4v) is 2.32. The lowest BCUT2D eigenvalue weighted by molar-refractivity contribution is -0.114. The summed E-state index contributed by atoms with van der Waals surface area (Å²) in [5.74, 6) is -3.84. The molecule has 25 heavy (non-hydrogen) atoms. The van der Waals surface area contributed by atoms with Gasteiger partial charge in [-0.1, -0.05) is 17.2 Å². The summed E-state index contributed by atoms with van der Waals surface area (Å²) in [4.78, 5) is 52.4. The van der Waals surface area contributed by atoms with Crippen LogP contribution < -0.4 is 5.32 Å². The van der Waals surface area contributed by atoms with Crippen molar-refractivity contribution in [2.24, 2.45) is 0 Å². The zero-order valence-electron chi connectivity index (χ0n) is 12.9. The van der Waals surface area contributed by atoms with Crippen LogP contribution in [0.15, 0.2) is 42.5 Å². The van der Waals surface area contributed by atoms with E-state index in [1.165, 1.54) is 19.1 Å². The Morgan fingerprint density at radius 2 is 1.64 bits per heavy atom. The van der Waals surface area contributed by atoms with Gasteiger partial charge in [-0.15, -0.1) is 0 Å². The van der Waals surface area contributed by atoms with E-state index < -0.39 is 29.5 Å². The largest absolute Gasteiger partial charge is 0.364 e. The van der Waals surface area contributed by atoms with E-state index in [-0.39, 0.29) is 22.4 Å². The van der Waals surface area contributed by atoms with Crippen LogP contribution in [0.2, 0.25) is 0 Å². The summed E-state index contributed by atoms with van der Waals surface area (Å²) in [7, 11) is 0. The Balaban J connectivity index is 1.83. The Labute approximate surface area is 140 Å². The molecule has 0 saturated carbocycles. The molecule has 1 aliphatic heterocycles. The lowest BCUT2D eigenvalue weighted by Crippen LogP contribution is -2.32. The standard InChI is InChI=1S/C17H11FN2O5/c1-9(21)19-14-8-10(6-7-13(14)18)17(24)25-20-15(22)11-4-2-3-5-12(11)16(20)23/h2-8H,1H3,(H,19,21). The SMILES string of the molecule is CC(=O)Nc1cc(C(=O)ON2C(=O)c3ccccc3C2=O)ccc1F. The van der Waals surface area contributed by atoms with Crippen LogP contribution in [0.5, 0.6) is 0 Å². The highest BCUT2D eigenvalue weighted by Crippen LogP contribution is 2.24. The molecule has 1 aliphatic rings. The van der Waals surface area contributed by atoms with Crippen molar-refractivity contribution in [1.29, 1.82) is 0 Å². The quantitative estimate of drug-likeness (QED) is 0.863. The molecule has 2 aromatic carbocycles. The monoisotopic (exact) mass is 342 g/mol. The molecule has 2 aromatic rings. The van der Waals surface area contributed by atoms with E-state index in [0.29, 0.717) is 5.06 Å². The Hall–Kier alpha value is -3.55. The molecule has 3 amide bonds.